The topological polar surface area (TPSA) is 38.8 Å². The molecule has 0 N–H and O–H groups in total. The van der Waals surface area contributed by atoms with Crippen molar-refractivity contribution in [2.24, 2.45) is 0 Å². The summed E-state index contributed by atoms with van der Waals surface area (Å²) in [7, 11) is 0. The quantitative estimate of drug-likeness (QED) is 0.280. The molecule has 0 atom stereocenters. The summed E-state index contributed by atoms with van der Waals surface area (Å²) in [6.45, 7) is 2.00. The van der Waals surface area contributed by atoms with Gasteiger partial charge in [0, 0.05) is 18.1 Å². The van der Waals surface area contributed by atoms with Crippen LogP contribution in [0.4, 0.5) is 0 Å². The molecule has 0 saturated carbocycles. The summed E-state index contributed by atoms with van der Waals surface area (Å²) in [5.74, 6) is 1.63. The van der Waals surface area contributed by atoms with E-state index in [1.54, 1.807) is 6.07 Å². The van der Waals surface area contributed by atoms with Gasteiger partial charge in [0.1, 0.15) is 18.2 Å². The smallest absolute Gasteiger partial charge is 0.231 e. The number of hydrogen-bond acceptors (Lipinski definition) is 4. The minimum atomic E-state index is -0.0989. The second kappa shape index (κ2) is 9.65. The zero-order valence-electron chi connectivity index (χ0n) is 19.6. The molecule has 5 heteroatoms. The van der Waals surface area contributed by atoms with Gasteiger partial charge in [-0.05, 0) is 59.0 Å². The predicted molar refractivity (Wildman–Crippen MR) is 142 cm³/mol. The van der Waals surface area contributed by atoms with Gasteiger partial charge in [0.15, 0.2) is 5.76 Å². The molecule has 0 unspecified atom stereocenters. The van der Waals surface area contributed by atoms with Crippen LogP contribution in [0, 0.1) is 0 Å². The highest BCUT2D eigenvalue weighted by Gasteiger charge is 2.33. The van der Waals surface area contributed by atoms with E-state index >= 15 is 0 Å². The third-order valence-corrected chi connectivity index (χ3v) is 6.88. The van der Waals surface area contributed by atoms with Crippen molar-refractivity contribution in [1.29, 1.82) is 0 Å². The maximum absolute atomic E-state index is 13.1. The van der Waals surface area contributed by atoms with Gasteiger partial charge in [-0.15, -0.1) is 0 Å². The van der Waals surface area contributed by atoms with Gasteiger partial charge in [-0.2, -0.15) is 0 Å². The molecule has 0 bridgehead atoms. The Bertz CT molecular complexity index is 1440. The first kappa shape index (κ1) is 22.6. The van der Waals surface area contributed by atoms with E-state index in [1.165, 1.54) is 5.56 Å². The van der Waals surface area contributed by atoms with Crippen LogP contribution in [0.15, 0.2) is 96.8 Å². The fraction of sp³-hybridized carbons (Fsp3) is 0.129. The van der Waals surface area contributed by atoms with Gasteiger partial charge in [0.25, 0.3) is 0 Å². The number of benzene rings is 4. The fourth-order valence-corrected chi connectivity index (χ4v) is 4.77. The van der Waals surface area contributed by atoms with Crippen molar-refractivity contribution in [3.8, 4) is 22.6 Å². The van der Waals surface area contributed by atoms with Gasteiger partial charge >= 0.3 is 0 Å². The molecule has 0 aliphatic carbocycles. The molecule has 4 aromatic carbocycles. The number of carbonyl (C=O) groups excluding carboxylic acids is 1. The second-order valence-corrected chi connectivity index (χ2v) is 9.49. The third-order valence-electron chi connectivity index (χ3n) is 6.63. The average molecular weight is 494 g/mol. The monoisotopic (exact) mass is 493 g/mol. The normalized spacial score (nSPS) is 15.8. The number of hydrogen-bond donors (Lipinski definition) is 0. The van der Waals surface area contributed by atoms with Crippen LogP contribution in [0.3, 0.4) is 0 Å². The molecule has 0 amide bonds. The van der Waals surface area contributed by atoms with Crippen molar-refractivity contribution in [1.82, 2.24) is 4.90 Å². The zero-order valence-corrected chi connectivity index (χ0v) is 20.4. The van der Waals surface area contributed by atoms with Gasteiger partial charge in [-0.1, -0.05) is 78.3 Å². The van der Waals surface area contributed by atoms with Crippen molar-refractivity contribution in [3.05, 3.63) is 124 Å². The standard InChI is InChI=1S/C31H24ClNO3/c32-25-12-8-21(9-13-25)16-17-33-19-27-28(35-20-33)15-14-26-30(34)29(36-31(26)27)18-22-6-10-24(11-7-22)23-4-2-1-3-5-23/h1-15,18H,16-17,19-20H2/b29-18-. The van der Waals surface area contributed by atoms with Crippen molar-refractivity contribution >= 4 is 23.5 Å². The summed E-state index contributed by atoms with van der Waals surface area (Å²) in [6.07, 6.45) is 2.69. The maximum atomic E-state index is 13.1. The Labute approximate surface area is 215 Å². The lowest BCUT2D eigenvalue weighted by Gasteiger charge is -2.29. The lowest BCUT2D eigenvalue weighted by Crippen LogP contribution is -2.33. The molecule has 2 aliphatic heterocycles. The first-order valence-corrected chi connectivity index (χ1v) is 12.4. The average Bonchev–Trinajstić information content (AvgIpc) is 3.24. The summed E-state index contributed by atoms with van der Waals surface area (Å²) < 4.78 is 12.2. The van der Waals surface area contributed by atoms with E-state index < -0.39 is 0 Å². The Balaban J connectivity index is 1.19. The molecule has 0 fully saturated rings. The van der Waals surface area contributed by atoms with Crippen molar-refractivity contribution in [2.45, 2.75) is 13.0 Å². The Morgan fingerprint density at radius 2 is 1.61 bits per heavy atom. The van der Waals surface area contributed by atoms with E-state index in [0.717, 1.165) is 46.0 Å². The van der Waals surface area contributed by atoms with Crippen molar-refractivity contribution in [2.75, 3.05) is 13.3 Å². The van der Waals surface area contributed by atoms with E-state index in [0.29, 0.717) is 30.3 Å². The first-order valence-electron chi connectivity index (χ1n) is 12.0. The molecule has 6 rings (SSSR count). The zero-order chi connectivity index (χ0) is 24.5. The van der Waals surface area contributed by atoms with Crippen LogP contribution in [0.25, 0.3) is 17.2 Å². The van der Waals surface area contributed by atoms with Crippen molar-refractivity contribution in [3.63, 3.8) is 0 Å². The predicted octanol–water partition coefficient (Wildman–Crippen LogP) is 7.02. The molecule has 4 aromatic rings. The molecule has 0 aromatic heterocycles. The fourth-order valence-electron chi connectivity index (χ4n) is 4.64. The van der Waals surface area contributed by atoms with Crippen LogP contribution in [0.1, 0.15) is 27.0 Å². The van der Waals surface area contributed by atoms with Crippen LogP contribution >= 0.6 is 11.6 Å². The van der Waals surface area contributed by atoms with Crippen LogP contribution in [0.5, 0.6) is 11.5 Å². The molecule has 2 aliphatic rings. The number of nitrogens with zero attached hydrogens (tertiary/aromatic N) is 1. The number of halogens is 1. The highest BCUT2D eigenvalue weighted by molar-refractivity contribution is 6.30. The summed E-state index contributed by atoms with van der Waals surface area (Å²) in [5, 5.41) is 0.738. The number of allylic oxidation sites excluding steroid dienone is 1. The minimum absolute atomic E-state index is 0.0989. The van der Waals surface area contributed by atoms with E-state index in [9.17, 15) is 4.79 Å². The molecular formula is C31H24ClNO3. The first-order chi connectivity index (χ1) is 17.6. The molecular weight excluding hydrogens is 470 g/mol. The van der Waals surface area contributed by atoms with Crippen molar-refractivity contribution < 1.29 is 14.3 Å². The third kappa shape index (κ3) is 4.53. The van der Waals surface area contributed by atoms with Gasteiger partial charge in [-0.3, -0.25) is 9.69 Å². The summed E-state index contributed by atoms with van der Waals surface area (Å²) >= 11 is 6.00. The Kier molecular flexibility index (Phi) is 6.06. The van der Waals surface area contributed by atoms with Gasteiger partial charge in [0.05, 0.1) is 11.1 Å². The summed E-state index contributed by atoms with van der Waals surface area (Å²) in [5.41, 5.74) is 5.93. The molecule has 36 heavy (non-hydrogen) atoms. The van der Waals surface area contributed by atoms with Crippen LogP contribution in [-0.2, 0) is 13.0 Å². The highest BCUT2D eigenvalue weighted by Crippen LogP contribution is 2.42. The number of ether oxygens (including phenoxy) is 2. The number of fused-ring (bicyclic) bond motifs is 3. The second-order valence-electron chi connectivity index (χ2n) is 9.05. The number of rotatable bonds is 5. The molecule has 0 radical (unpaired) electrons. The van der Waals surface area contributed by atoms with Gasteiger partial charge < -0.3 is 9.47 Å². The molecule has 2 heterocycles. The van der Waals surface area contributed by atoms with E-state index in [1.807, 2.05) is 66.7 Å². The lowest BCUT2D eigenvalue weighted by atomic mass is 10.0. The number of carbonyl (C=O) groups is 1. The number of Topliss-reactive ketones (excluding diaryl/α,β-unsaturated/α-hetero) is 1. The van der Waals surface area contributed by atoms with Gasteiger partial charge in [0.2, 0.25) is 5.78 Å². The summed E-state index contributed by atoms with van der Waals surface area (Å²) in [4.78, 5) is 15.4. The van der Waals surface area contributed by atoms with Crippen LogP contribution < -0.4 is 9.47 Å². The molecule has 178 valence electrons. The largest absolute Gasteiger partial charge is 0.478 e. The number of ketones is 1. The van der Waals surface area contributed by atoms with Crippen LogP contribution in [-0.4, -0.2) is 24.0 Å². The Morgan fingerprint density at radius 3 is 2.39 bits per heavy atom. The van der Waals surface area contributed by atoms with E-state index in [-0.39, 0.29) is 5.78 Å². The minimum Gasteiger partial charge on any atom is -0.478 e. The van der Waals surface area contributed by atoms with E-state index in [4.69, 9.17) is 21.1 Å². The lowest BCUT2D eigenvalue weighted by molar-refractivity contribution is 0.0950. The van der Waals surface area contributed by atoms with E-state index in [2.05, 4.69) is 29.2 Å². The summed E-state index contributed by atoms with van der Waals surface area (Å²) in [6, 6.07) is 29.9. The highest BCUT2D eigenvalue weighted by atomic mass is 35.5. The molecule has 0 saturated heterocycles. The maximum Gasteiger partial charge on any atom is 0.231 e. The van der Waals surface area contributed by atoms with Gasteiger partial charge in [-0.25, -0.2) is 0 Å². The Morgan fingerprint density at radius 1 is 0.861 bits per heavy atom. The Hall–Kier alpha value is -3.86. The van der Waals surface area contributed by atoms with Crippen LogP contribution in [0.2, 0.25) is 5.02 Å². The SMILES string of the molecule is O=C1/C(=C/c2ccc(-c3ccccc3)cc2)Oc2c1ccc1c2CN(CCc2ccc(Cl)cc2)CO1. The molecule has 0 spiro atoms. The molecule has 4 nitrogen and oxygen atoms in total.